The number of hydrogen-bond acceptors (Lipinski definition) is 7. The Morgan fingerprint density at radius 3 is 2.90 bits per heavy atom. The largest absolute Gasteiger partial charge is 0.495 e. The molecule has 2 aromatic heterocycles. The van der Waals surface area contributed by atoms with Gasteiger partial charge in [0.2, 0.25) is 0 Å². The Hall–Kier alpha value is -3.63. The number of fused-ring (bicyclic) bond motifs is 1. The first-order chi connectivity index (χ1) is 19.7. The molecule has 4 rings (SSSR count). The molecule has 1 amide bonds. The number of nitrogens with one attached hydrogen (secondary N) is 3. The number of anilines is 2. The topological polar surface area (TPSA) is 82.9 Å². The van der Waals surface area contributed by atoms with Crippen molar-refractivity contribution < 1.29 is 31.2 Å². The number of thioether (sulfide) groups is 1. The molecule has 2 atom stereocenters. The van der Waals surface area contributed by atoms with Gasteiger partial charge in [-0.05, 0) is 37.7 Å². The Balaban J connectivity index is 1.63. The van der Waals surface area contributed by atoms with Crippen LogP contribution in [0.3, 0.4) is 0 Å². The highest BCUT2D eigenvalue weighted by Gasteiger charge is 2.33. The van der Waals surface area contributed by atoms with Crippen LogP contribution in [0.2, 0.25) is 0 Å². The van der Waals surface area contributed by atoms with Crippen molar-refractivity contribution in [1.82, 2.24) is 19.6 Å². The number of alkyl halides is 4. The van der Waals surface area contributed by atoms with Crippen LogP contribution in [0.15, 0.2) is 41.7 Å². The summed E-state index contributed by atoms with van der Waals surface area (Å²) < 4.78 is 83.7. The molecule has 1 aromatic carbocycles. The molecule has 1 aliphatic heterocycles. The van der Waals surface area contributed by atoms with Crippen molar-refractivity contribution in [2.24, 2.45) is 0 Å². The Labute approximate surface area is 231 Å². The molecule has 1 saturated heterocycles. The third-order valence-electron chi connectivity index (χ3n) is 6.10. The summed E-state index contributed by atoms with van der Waals surface area (Å²) in [4.78, 5) is 18.2. The van der Waals surface area contributed by atoms with E-state index in [1.54, 1.807) is 0 Å². The number of methoxy groups -OCH3 is 1. The molecule has 0 spiro atoms. The van der Waals surface area contributed by atoms with Gasteiger partial charge in [-0.3, -0.25) is 4.79 Å². The molecule has 0 bridgehead atoms. The Bertz CT molecular complexity index is 1510. The van der Waals surface area contributed by atoms with Crippen LogP contribution in [0.5, 0.6) is 5.75 Å². The van der Waals surface area contributed by atoms with E-state index in [0.29, 0.717) is 18.5 Å². The second-order valence-electron chi connectivity index (χ2n) is 8.81. The smallest absolute Gasteiger partial charge is 0.447 e. The maximum absolute atomic E-state index is 14.7. The Morgan fingerprint density at radius 1 is 1.36 bits per heavy atom. The van der Waals surface area contributed by atoms with Crippen molar-refractivity contribution in [1.29, 1.82) is 0 Å². The van der Waals surface area contributed by atoms with E-state index in [4.69, 9.17) is 8.85 Å². The standard InChI is InChI=1S/C26H28F4N6O2S/c1-31-24(37)16-6-7-22(38-3)20(13-16)32-9-4-5-17-14-21-23(34-19-8-11-35(2)15-18(19)27)33-10-12-36(21)25(17)39-26(28,29)30/h6-7,10,12-14,18-19,32H,8-9,11,15H2,1-3H3,(H,31,37)(H,33,34)/t18-,19+/m0/s1/i3D3. The molecule has 39 heavy (non-hydrogen) atoms. The number of ether oxygens (including phenoxy) is 1. The van der Waals surface area contributed by atoms with Crippen molar-refractivity contribution >= 4 is 34.7 Å². The summed E-state index contributed by atoms with van der Waals surface area (Å²) >= 11 is -0.333. The number of halogens is 4. The van der Waals surface area contributed by atoms with Crippen molar-refractivity contribution in [3.05, 3.63) is 47.8 Å². The summed E-state index contributed by atoms with van der Waals surface area (Å²) in [5, 5.41) is 8.19. The van der Waals surface area contributed by atoms with Crippen molar-refractivity contribution in [2.75, 3.05) is 51.4 Å². The van der Waals surface area contributed by atoms with Gasteiger partial charge in [-0.2, -0.15) is 13.2 Å². The molecule has 3 aromatic rings. The molecule has 1 aliphatic rings. The van der Waals surface area contributed by atoms with Gasteiger partial charge in [-0.15, -0.1) is 0 Å². The molecule has 0 aliphatic carbocycles. The number of hydrogen-bond donors (Lipinski definition) is 3. The van der Waals surface area contributed by atoms with Crippen LogP contribution < -0.4 is 20.7 Å². The van der Waals surface area contributed by atoms with E-state index >= 15 is 0 Å². The highest BCUT2D eigenvalue weighted by Crippen LogP contribution is 2.40. The van der Waals surface area contributed by atoms with Crippen LogP contribution in [0.25, 0.3) is 5.52 Å². The summed E-state index contributed by atoms with van der Waals surface area (Å²) in [5.74, 6) is 5.24. The van der Waals surface area contributed by atoms with Crippen LogP contribution in [-0.4, -0.2) is 78.7 Å². The first kappa shape index (κ1) is 24.4. The summed E-state index contributed by atoms with van der Waals surface area (Å²) in [5.41, 5.74) is -3.86. The zero-order chi connectivity index (χ0) is 30.7. The molecule has 13 heteroatoms. The lowest BCUT2D eigenvalue weighted by Gasteiger charge is -2.33. The molecule has 0 radical (unpaired) electrons. The summed E-state index contributed by atoms with van der Waals surface area (Å²) in [6, 6.07) is 4.99. The second kappa shape index (κ2) is 12.0. The van der Waals surface area contributed by atoms with Crippen LogP contribution in [0.4, 0.5) is 29.1 Å². The van der Waals surface area contributed by atoms with Crippen LogP contribution in [0, 0.1) is 11.8 Å². The molecule has 208 valence electrons. The summed E-state index contributed by atoms with van der Waals surface area (Å²) in [7, 11) is 0.490. The lowest BCUT2D eigenvalue weighted by Crippen LogP contribution is -2.46. The summed E-state index contributed by atoms with van der Waals surface area (Å²) in [6.07, 6.45) is 2.03. The number of carbonyl (C=O) groups excluding carboxylic acids is 1. The quantitative estimate of drug-likeness (QED) is 0.224. The third-order valence-corrected chi connectivity index (χ3v) is 6.94. The third kappa shape index (κ3) is 6.88. The maximum Gasteiger partial charge on any atom is 0.447 e. The van der Waals surface area contributed by atoms with Gasteiger partial charge in [-0.25, -0.2) is 9.37 Å². The second-order valence-corrected chi connectivity index (χ2v) is 9.86. The van der Waals surface area contributed by atoms with Crippen molar-refractivity contribution in [2.45, 2.75) is 29.2 Å². The molecule has 3 N–H and O–H groups in total. The number of likely N-dealkylation sites (tertiary alicyclic amines) is 1. The van der Waals surface area contributed by atoms with Crippen LogP contribution >= 0.6 is 11.8 Å². The number of piperidine rings is 1. The number of amides is 1. The number of carbonyl (C=O) groups is 1. The predicted molar refractivity (Wildman–Crippen MR) is 143 cm³/mol. The van der Waals surface area contributed by atoms with Gasteiger partial charge in [0.15, 0.2) is 5.82 Å². The van der Waals surface area contributed by atoms with Crippen molar-refractivity contribution in [3.63, 3.8) is 0 Å². The summed E-state index contributed by atoms with van der Waals surface area (Å²) in [6.45, 7) is 0.761. The van der Waals surface area contributed by atoms with Gasteiger partial charge in [0, 0.05) is 49.9 Å². The zero-order valence-electron chi connectivity index (χ0n) is 24.0. The van der Waals surface area contributed by atoms with Crippen LogP contribution in [-0.2, 0) is 0 Å². The van der Waals surface area contributed by atoms with E-state index in [1.165, 1.54) is 48.1 Å². The number of aromatic nitrogens is 2. The van der Waals surface area contributed by atoms with E-state index in [2.05, 4.69) is 32.8 Å². The van der Waals surface area contributed by atoms with Gasteiger partial charge in [-0.1, -0.05) is 11.8 Å². The molecule has 3 heterocycles. The van der Waals surface area contributed by atoms with Gasteiger partial charge in [0.1, 0.15) is 16.9 Å². The monoisotopic (exact) mass is 567 g/mol. The molecule has 1 fully saturated rings. The Morgan fingerprint density at radius 2 is 2.18 bits per heavy atom. The molecule has 0 unspecified atom stereocenters. The van der Waals surface area contributed by atoms with Crippen molar-refractivity contribution in [3.8, 4) is 17.6 Å². The Kier molecular flexibility index (Phi) is 7.54. The minimum absolute atomic E-state index is 0.0609. The van der Waals surface area contributed by atoms with Gasteiger partial charge < -0.3 is 30.0 Å². The minimum atomic E-state index is -4.61. The first-order valence-corrected chi connectivity index (χ1v) is 12.7. The zero-order valence-corrected chi connectivity index (χ0v) is 21.8. The average molecular weight is 568 g/mol. The van der Waals surface area contributed by atoms with Crippen LogP contribution in [0.1, 0.15) is 26.5 Å². The van der Waals surface area contributed by atoms with E-state index in [9.17, 15) is 22.4 Å². The normalized spacial score (nSPS) is 19.3. The first-order valence-electron chi connectivity index (χ1n) is 13.4. The van der Waals surface area contributed by atoms with Gasteiger partial charge in [0.05, 0.1) is 40.5 Å². The highest BCUT2D eigenvalue weighted by molar-refractivity contribution is 8.00. The fourth-order valence-corrected chi connectivity index (χ4v) is 4.91. The molecular formula is C26H28F4N6O2S. The molecular weight excluding hydrogens is 536 g/mol. The fourth-order valence-electron chi connectivity index (χ4n) is 4.21. The predicted octanol–water partition coefficient (Wildman–Crippen LogP) is 4.23. The van der Waals surface area contributed by atoms with Gasteiger partial charge >= 0.3 is 5.51 Å². The lowest BCUT2D eigenvalue weighted by molar-refractivity contribution is -0.0329. The lowest BCUT2D eigenvalue weighted by atomic mass is 10.0. The minimum Gasteiger partial charge on any atom is -0.495 e. The number of rotatable bonds is 7. The highest BCUT2D eigenvalue weighted by atomic mass is 32.2. The van der Waals surface area contributed by atoms with E-state index < -0.39 is 30.7 Å². The number of benzene rings is 1. The van der Waals surface area contributed by atoms with E-state index in [-0.39, 0.29) is 58.3 Å². The SMILES string of the molecule is [2H]C([2H])([2H])Oc1ccc(C(=O)NC)cc1NCC#Cc1cc2c(N[C@@H]3CCN(C)C[C@@H]3F)nccn2c1SC(F)(F)F. The van der Waals surface area contributed by atoms with Gasteiger partial charge in [0.25, 0.3) is 5.91 Å². The fraction of sp³-hybridized carbons (Fsp3) is 0.385. The maximum atomic E-state index is 14.7. The van der Waals surface area contributed by atoms with E-state index in [1.807, 2.05) is 11.9 Å². The molecule has 8 nitrogen and oxygen atoms in total. The average Bonchev–Trinajstić information content (AvgIpc) is 3.24. The number of nitrogens with zero attached hydrogens (tertiary/aromatic N) is 3. The molecule has 0 saturated carbocycles. The van der Waals surface area contributed by atoms with E-state index in [0.717, 1.165) is 0 Å².